The zero-order chi connectivity index (χ0) is 21.3. The molecular formula is C23H23ClN2O4. The van der Waals surface area contributed by atoms with Gasteiger partial charge in [0.1, 0.15) is 5.70 Å². The number of benzene rings is 2. The Labute approximate surface area is 180 Å². The fourth-order valence-electron chi connectivity index (χ4n) is 4.03. The van der Waals surface area contributed by atoms with Crippen molar-refractivity contribution in [1.29, 1.82) is 0 Å². The first kappa shape index (κ1) is 20.3. The molecule has 0 N–H and O–H groups in total. The Bertz CT molecular complexity index is 1030. The predicted molar refractivity (Wildman–Crippen MR) is 116 cm³/mol. The summed E-state index contributed by atoms with van der Waals surface area (Å²) in [6, 6.07) is 12.1. The number of carbonyl (C=O) groups excluding carboxylic acids is 2. The average Bonchev–Trinajstić information content (AvgIpc) is 3.03. The van der Waals surface area contributed by atoms with Gasteiger partial charge in [0.05, 0.1) is 25.5 Å². The van der Waals surface area contributed by atoms with Crippen molar-refractivity contribution in [2.24, 2.45) is 0 Å². The van der Waals surface area contributed by atoms with Crippen LogP contribution >= 0.6 is 11.6 Å². The maximum Gasteiger partial charge on any atom is 0.282 e. The van der Waals surface area contributed by atoms with E-state index in [9.17, 15) is 9.59 Å². The van der Waals surface area contributed by atoms with E-state index in [2.05, 4.69) is 0 Å². The van der Waals surface area contributed by atoms with Gasteiger partial charge in [0.15, 0.2) is 11.5 Å². The first-order chi connectivity index (χ1) is 14.5. The second-order valence-electron chi connectivity index (χ2n) is 7.27. The molecule has 7 heteroatoms. The van der Waals surface area contributed by atoms with Crippen molar-refractivity contribution in [2.75, 3.05) is 32.2 Å². The Morgan fingerprint density at radius 1 is 0.867 bits per heavy atom. The van der Waals surface area contributed by atoms with Crippen molar-refractivity contribution < 1.29 is 19.1 Å². The van der Waals surface area contributed by atoms with E-state index in [1.54, 1.807) is 56.7 Å². The number of ether oxygens (including phenoxy) is 2. The molecule has 0 spiro atoms. The topological polar surface area (TPSA) is 59.1 Å². The molecule has 0 radical (unpaired) electrons. The van der Waals surface area contributed by atoms with E-state index >= 15 is 0 Å². The average molecular weight is 427 g/mol. The number of likely N-dealkylation sites (tertiary alicyclic amines) is 1. The number of amides is 2. The van der Waals surface area contributed by atoms with Gasteiger partial charge in [-0.3, -0.25) is 9.59 Å². The summed E-state index contributed by atoms with van der Waals surface area (Å²) in [5.41, 5.74) is 1.90. The largest absolute Gasteiger partial charge is 0.493 e. The van der Waals surface area contributed by atoms with Crippen LogP contribution in [-0.4, -0.2) is 44.0 Å². The summed E-state index contributed by atoms with van der Waals surface area (Å²) in [5.74, 6) is 0.371. The Kier molecular flexibility index (Phi) is 5.68. The molecule has 2 aliphatic heterocycles. The minimum atomic E-state index is -0.366. The van der Waals surface area contributed by atoms with E-state index < -0.39 is 0 Å². The molecule has 2 heterocycles. The zero-order valence-electron chi connectivity index (χ0n) is 17.0. The lowest BCUT2D eigenvalue weighted by atomic mass is 10.0. The molecule has 2 aromatic carbocycles. The monoisotopic (exact) mass is 426 g/mol. The van der Waals surface area contributed by atoms with Gasteiger partial charge in [-0.25, -0.2) is 4.90 Å². The Morgan fingerprint density at radius 2 is 1.60 bits per heavy atom. The summed E-state index contributed by atoms with van der Waals surface area (Å²) in [7, 11) is 3.10. The highest BCUT2D eigenvalue weighted by molar-refractivity contribution is 6.45. The fourth-order valence-corrected chi connectivity index (χ4v) is 4.22. The van der Waals surface area contributed by atoms with Crippen LogP contribution < -0.4 is 14.4 Å². The van der Waals surface area contributed by atoms with Gasteiger partial charge in [-0.2, -0.15) is 0 Å². The van der Waals surface area contributed by atoms with Gasteiger partial charge in [0.25, 0.3) is 11.8 Å². The molecule has 6 nitrogen and oxygen atoms in total. The van der Waals surface area contributed by atoms with Gasteiger partial charge < -0.3 is 14.4 Å². The quantitative estimate of drug-likeness (QED) is 0.673. The molecule has 1 saturated heterocycles. The summed E-state index contributed by atoms with van der Waals surface area (Å²) < 4.78 is 10.7. The first-order valence-corrected chi connectivity index (χ1v) is 10.3. The molecule has 0 saturated carbocycles. The van der Waals surface area contributed by atoms with E-state index in [1.165, 1.54) is 4.90 Å². The third kappa shape index (κ3) is 3.52. The number of hydrogen-bond acceptors (Lipinski definition) is 5. The Balaban J connectivity index is 1.85. The number of piperidine rings is 1. The maximum absolute atomic E-state index is 13.5. The lowest BCUT2D eigenvalue weighted by Gasteiger charge is -2.29. The van der Waals surface area contributed by atoms with Gasteiger partial charge in [0, 0.05) is 18.1 Å². The highest BCUT2D eigenvalue weighted by Crippen LogP contribution is 2.39. The number of imide groups is 1. The van der Waals surface area contributed by atoms with Crippen molar-refractivity contribution in [3.05, 3.63) is 58.7 Å². The Hall–Kier alpha value is -2.99. The molecule has 0 aliphatic carbocycles. The van der Waals surface area contributed by atoms with E-state index in [4.69, 9.17) is 21.1 Å². The highest BCUT2D eigenvalue weighted by Gasteiger charge is 2.42. The van der Waals surface area contributed by atoms with Gasteiger partial charge in [-0.05, 0) is 55.2 Å². The lowest BCUT2D eigenvalue weighted by Crippen LogP contribution is -2.37. The summed E-state index contributed by atoms with van der Waals surface area (Å²) in [6.45, 7) is 1.49. The molecule has 1 fully saturated rings. The second-order valence-corrected chi connectivity index (χ2v) is 7.70. The van der Waals surface area contributed by atoms with Crippen molar-refractivity contribution in [3.63, 3.8) is 0 Å². The number of halogens is 1. The molecule has 0 aromatic heterocycles. The minimum absolute atomic E-state index is 0.325. The standard InChI is InChI=1S/C23H23ClN2O4/c1-29-18-10-9-15(13-19(18)30-2)20-21(25-11-4-3-5-12-25)23(28)26(22(20)27)17-8-6-7-16(24)14-17/h6-10,13-14H,3-5,11-12H2,1-2H3. The van der Waals surface area contributed by atoms with E-state index in [0.29, 0.717) is 39.0 Å². The van der Waals surface area contributed by atoms with Gasteiger partial charge in [-0.1, -0.05) is 23.7 Å². The van der Waals surface area contributed by atoms with E-state index in [-0.39, 0.29) is 11.8 Å². The molecule has 0 bridgehead atoms. The number of nitrogens with zero attached hydrogens (tertiary/aromatic N) is 2. The van der Waals surface area contributed by atoms with E-state index in [1.807, 2.05) is 4.90 Å². The summed E-state index contributed by atoms with van der Waals surface area (Å²) in [5, 5.41) is 0.465. The van der Waals surface area contributed by atoms with Crippen molar-refractivity contribution in [2.45, 2.75) is 19.3 Å². The number of carbonyl (C=O) groups is 2. The first-order valence-electron chi connectivity index (χ1n) is 9.91. The molecule has 2 aromatic rings. The second kappa shape index (κ2) is 8.40. The zero-order valence-corrected chi connectivity index (χ0v) is 17.7. The normalized spacial score (nSPS) is 17.0. The van der Waals surface area contributed by atoms with Crippen molar-refractivity contribution in [1.82, 2.24) is 4.90 Å². The molecule has 2 aliphatic rings. The molecular weight excluding hydrogens is 404 g/mol. The van der Waals surface area contributed by atoms with Crippen LogP contribution in [0.3, 0.4) is 0 Å². The van der Waals surface area contributed by atoms with E-state index in [0.717, 1.165) is 32.4 Å². The third-order valence-electron chi connectivity index (χ3n) is 5.47. The molecule has 156 valence electrons. The lowest BCUT2D eigenvalue weighted by molar-refractivity contribution is -0.120. The van der Waals surface area contributed by atoms with Crippen LogP contribution in [0.25, 0.3) is 5.57 Å². The number of rotatable bonds is 5. The van der Waals surface area contributed by atoms with Crippen LogP contribution in [0.5, 0.6) is 11.5 Å². The maximum atomic E-state index is 13.5. The van der Waals surface area contributed by atoms with Crippen molar-refractivity contribution in [3.8, 4) is 11.5 Å². The molecule has 30 heavy (non-hydrogen) atoms. The summed E-state index contributed by atoms with van der Waals surface area (Å²) in [6.07, 6.45) is 3.10. The minimum Gasteiger partial charge on any atom is -0.493 e. The predicted octanol–water partition coefficient (Wildman–Crippen LogP) is 4.13. The van der Waals surface area contributed by atoms with Crippen LogP contribution in [0, 0.1) is 0 Å². The molecule has 0 atom stereocenters. The highest BCUT2D eigenvalue weighted by atomic mass is 35.5. The van der Waals surface area contributed by atoms with Gasteiger partial charge in [0.2, 0.25) is 0 Å². The summed E-state index contributed by atoms with van der Waals surface area (Å²) in [4.78, 5) is 30.3. The van der Waals surface area contributed by atoms with Gasteiger partial charge in [-0.15, -0.1) is 0 Å². The molecule has 0 unspecified atom stereocenters. The Morgan fingerprint density at radius 3 is 2.27 bits per heavy atom. The number of anilines is 1. The SMILES string of the molecule is COc1ccc(C2=C(N3CCCCC3)C(=O)N(c3cccc(Cl)c3)C2=O)cc1OC. The smallest absolute Gasteiger partial charge is 0.282 e. The molecule has 2 amide bonds. The van der Waals surface area contributed by atoms with Crippen LogP contribution in [0.2, 0.25) is 5.02 Å². The van der Waals surface area contributed by atoms with Crippen LogP contribution in [0.15, 0.2) is 48.2 Å². The third-order valence-corrected chi connectivity index (χ3v) is 5.71. The molecule has 4 rings (SSSR count). The fraction of sp³-hybridized carbons (Fsp3) is 0.304. The summed E-state index contributed by atoms with van der Waals surface area (Å²) >= 11 is 6.13. The van der Waals surface area contributed by atoms with Crippen LogP contribution in [0.4, 0.5) is 5.69 Å². The van der Waals surface area contributed by atoms with Crippen LogP contribution in [0.1, 0.15) is 24.8 Å². The van der Waals surface area contributed by atoms with Crippen molar-refractivity contribution >= 4 is 34.7 Å². The van der Waals surface area contributed by atoms with Crippen LogP contribution in [-0.2, 0) is 9.59 Å². The van der Waals surface area contributed by atoms with Gasteiger partial charge >= 0.3 is 0 Å². The number of methoxy groups -OCH3 is 2. The number of hydrogen-bond donors (Lipinski definition) is 0.